The molecule has 2 aliphatic rings. The van der Waals surface area contributed by atoms with Crippen molar-refractivity contribution < 1.29 is 9.66 Å². The molecule has 3 aromatic carbocycles. The quantitative estimate of drug-likeness (QED) is 0.284. The average molecular weight is 482 g/mol. The number of aromatic nitrogens is 1. The molecule has 2 heterocycles. The van der Waals surface area contributed by atoms with Crippen LogP contribution in [0, 0.1) is 16.0 Å². The lowest BCUT2D eigenvalue weighted by Gasteiger charge is -2.51. The summed E-state index contributed by atoms with van der Waals surface area (Å²) < 4.78 is 5.60. The van der Waals surface area contributed by atoms with E-state index in [-0.39, 0.29) is 16.0 Å². The second-order valence-corrected chi connectivity index (χ2v) is 10.3. The van der Waals surface area contributed by atoms with Crippen LogP contribution in [-0.4, -0.2) is 41.6 Å². The SMILES string of the molecule is COc1cccc(C23CCN(CCc4ccccc4)CC2Cc2c([nH]c4cc([N+](=O)[O-])ccc24)C3)c1. The zero-order chi connectivity index (χ0) is 24.7. The maximum atomic E-state index is 11.4. The highest BCUT2D eigenvalue weighted by Crippen LogP contribution is 2.49. The first-order valence-corrected chi connectivity index (χ1v) is 12.7. The molecule has 1 aliphatic heterocycles. The fourth-order valence-electron chi connectivity index (χ4n) is 6.54. The van der Waals surface area contributed by atoms with E-state index >= 15 is 0 Å². The number of ether oxygens (including phenoxy) is 1. The van der Waals surface area contributed by atoms with Gasteiger partial charge in [-0.3, -0.25) is 10.1 Å². The Bertz CT molecular complexity index is 1410. The fraction of sp³-hybridized carbons (Fsp3) is 0.333. The minimum absolute atomic E-state index is 0.0115. The van der Waals surface area contributed by atoms with Crippen molar-refractivity contribution >= 4 is 16.6 Å². The van der Waals surface area contributed by atoms with Gasteiger partial charge in [0.2, 0.25) is 0 Å². The van der Waals surface area contributed by atoms with Gasteiger partial charge in [0.25, 0.3) is 5.69 Å². The summed E-state index contributed by atoms with van der Waals surface area (Å²) in [5, 5.41) is 12.5. The number of non-ortho nitro benzene ring substituents is 1. The summed E-state index contributed by atoms with van der Waals surface area (Å²) in [6.07, 6.45) is 4.01. The van der Waals surface area contributed by atoms with Crippen LogP contribution in [-0.2, 0) is 24.7 Å². The van der Waals surface area contributed by atoms with Gasteiger partial charge in [0.05, 0.1) is 17.5 Å². The third-order valence-corrected chi connectivity index (χ3v) is 8.47. The zero-order valence-corrected chi connectivity index (χ0v) is 20.6. The molecule has 1 aromatic heterocycles. The second kappa shape index (κ2) is 9.10. The molecule has 0 saturated carbocycles. The Balaban J connectivity index is 1.36. The van der Waals surface area contributed by atoms with E-state index in [9.17, 15) is 10.1 Å². The number of nitro groups is 1. The predicted molar refractivity (Wildman–Crippen MR) is 142 cm³/mol. The fourth-order valence-corrected chi connectivity index (χ4v) is 6.54. The number of likely N-dealkylation sites (tertiary alicyclic amines) is 1. The van der Waals surface area contributed by atoms with Crippen LogP contribution >= 0.6 is 0 Å². The van der Waals surface area contributed by atoms with Crippen molar-refractivity contribution in [1.29, 1.82) is 0 Å². The third kappa shape index (κ3) is 3.95. The normalized spacial score (nSPS) is 21.6. The number of nitro benzene ring substituents is 1. The molecule has 0 spiro atoms. The molecule has 6 heteroatoms. The first-order valence-electron chi connectivity index (χ1n) is 12.7. The topological polar surface area (TPSA) is 71.4 Å². The Labute approximate surface area is 211 Å². The number of piperidine rings is 1. The summed E-state index contributed by atoms with van der Waals surface area (Å²) in [4.78, 5) is 17.2. The number of methoxy groups -OCH3 is 1. The molecule has 184 valence electrons. The molecule has 0 bridgehead atoms. The molecule has 6 nitrogen and oxygen atoms in total. The zero-order valence-electron chi connectivity index (χ0n) is 20.6. The van der Waals surface area contributed by atoms with E-state index in [0.29, 0.717) is 5.92 Å². The number of nitrogens with zero attached hydrogens (tertiary/aromatic N) is 2. The summed E-state index contributed by atoms with van der Waals surface area (Å²) in [5.74, 6) is 1.35. The summed E-state index contributed by atoms with van der Waals surface area (Å²) in [6.45, 7) is 3.16. The van der Waals surface area contributed by atoms with Crippen LogP contribution in [0.1, 0.15) is 28.8 Å². The van der Waals surface area contributed by atoms with Crippen molar-refractivity contribution in [3.8, 4) is 5.75 Å². The van der Waals surface area contributed by atoms with Gasteiger partial charge in [-0.05, 0) is 73.0 Å². The third-order valence-electron chi connectivity index (χ3n) is 8.47. The molecule has 2 unspecified atom stereocenters. The lowest BCUT2D eigenvalue weighted by atomic mass is 9.58. The van der Waals surface area contributed by atoms with E-state index in [1.165, 1.54) is 22.4 Å². The highest BCUT2D eigenvalue weighted by atomic mass is 16.6. The number of rotatable bonds is 6. The number of nitrogens with one attached hydrogen (secondary N) is 1. The van der Waals surface area contributed by atoms with Crippen molar-refractivity contribution in [2.45, 2.75) is 31.1 Å². The van der Waals surface area contributed by atoms with Gasteiger partial charge in [-0.15, -0.1) is 0 Å². The number of benzene rings is 3. The van der Waals surface area contributed by atoms with Crippen LogP contribution in [0.5, 0.6) is 5.75 Å². The maximum Gasteiger partial charge on any atom is 0.271 e. The molecule has 1 N–H and O–H groups in total. The molecular formula is C30H31N3O3. The average Bonchev–Trinajstić information content (AvgIpc) is 3.27. The van der Waals surface area contributed by atoms with Crippen LogP contribution in [0.25, 0.3) is 10.9 Å². The number of fused-ring (bicyclic) bond motifs is 4. The molecule has 2 atom stereocenters. The highest BCUT2D eigenvalue weighted by molar-refractivity contribution is 5.87. The van der Waals surface area contributed by atoms with E-state index in [1.807, 2.05) is 12.1 Å². The number of hydrogen-bond acceptors (Lipinski definition) is 4. The van der Waals surface area contributed by atoms with E-state index in [2.05, 4.69) is 58.4 Å². The van der Waals surface area contributed by atoms with Gasteiger partial charge in [0, 0.05) is 41.7 Å². The molecular weight excluding hydrogens is 450 g/mol. The number of hydrogen-bond donors (Lipinski definition) is 1. The minimum Gasteiger partial charge on any atom is -0.497 e. The molecule has 4 aromatic rings. The summed E-state index contributed by atoms with van der Waals surface area (Å²) in [5.41, 5.74) is 6.28. The Kier molecular flexibility index (Phi) is 5.76. The van der Waals surface area contributed by atoms with Crippen LogP contribution in [0.3, 0.4) is 0 Å². The van der Waals surface area contributed by atoms with Crippen molar-refractivity contribution in [2.24, 2.45) is 5.92 Å². The Morgan fingerprint density at radius 1 is 1.11 bits per heavy atom. The molecule has 0 radical (unpaired) electrons. The predicted octanol–water partition coefficient (Wildman–Crippen LogP) is 5.69. The van der Waals surface area contributed by atoms with E-state index < -0.39 is 0 Å². The van der Waals surface area contributed by atoms with E-state index in [1.54, 1.807) is 19.2 Å². The monoisotopic (exact) mass is 481 g/mol. The Hall–Kier alpha value is -3.64. The Morgan fingerprint density at radius 2 is 1.97 bits per heavy atom. The molecule has 36 heavy (non-hydrogen) atoms. The molecule has 0 amide bonds. The summed E-state index contributed by atoms with van der Waals surface area (Å²) >= 11 is 0. The van der Waals surface area contributed by atoms with Gasteiger partial charge in [0.15, 0.2) is 0 Å². The lowest BCUT2D eigenvalue weighted by Crippen LogP contribution is -2.54. The van der Waals surface area contributed by atoms with Crippen LogP contribution in [0.15, 0.2) is 72.8 Å². The van der Waals surface area contributed by atoms with Crippen molar-refractivity contribution in [1.82, 2.24) is 9.88 Å². The van der Waals surface area contributed by atoms with Crippen molar-refractivity contribution in [2.75, 3.05) is 26.7 Å². The molecule has 1 saturated heterocycles. The minimum atomic E-state index is -0.318. The van der Waals surface area contributed by atoms with Gasteiger partial charge in [-0.25, -0.2) is 0 Å². The first kappa shape index (κ1) is 22.8. The van der Waals surface area contributed by atoms with Gasteiger partial charge in [-0.1, -0.05) is 42.5 Å². The van der Waals surface area contributed by atoms with Crippen molar-refractivity contribution in [3.05, 3.63) is 105 Å². The smallest absolute Gasteiger partial charge is 0.271 e. The summed E-state index contributed by atoms with van der Waals surface area (Å²) in [6, 6.07) is 24.6. The van der Waals surface area contributed by atoms with Crippen molar-refractivity contribution in [3.63, 3.8) is 0 Å². The van der Waals surface area contributed by atoms with Crippen LogP contribution < -0.4 is 4.74 Å². The number of aromatic amines is 1. The second-order valence-electron chi connectivity index (χ2n) is 10.3. The van der Waals surface area contributed by atoms with Crippen LogP contribution in [0.2, 0.25) is 0 Å². The maximum absolute atomic E-state index is 11.4. The summed E-state index contributed by atoms with van der Waals surface area (Å²) in [7, 11) is 1.73. The standard InChI is InChI=1S/C30H31N3O3/c1-36-25-9-5-8-22(16-25)30-13-15-32(14-12-21-6-3-2-4-7-21)20-23(30)17-27-26-11-10-24(33(34)35)18-28(26)31-29(27)19-30/h2-11,16,18,23,31H,12-15,17,19-20H2,1H3. The van der Waals surface area contributed by atoms with Gasteiger partial charge in [0.1, 0.15) is 5.75 Å². The van der Waals surface area contributed by atoms with Gasteiger partial charge >= 0.3 is 0 Å². The Morgan fingerprint density at radius 3 is 2.78 bits per heavy atom. The van der Waals surface area contributed by atoms with Gasteiger partial charge < -0.3 is 14.6 Å². The number of H-pyrrole nitrogens is 1. The largest absolute Gasteiger partial charge is 0.497 e. The van der Waals surface area contributed by atoms with E-state index in [0.717, 1.165) is 62.0 Å². The van der Waals surface area contributed by atoms with Crippen LogP contribution in [0.4, 0.5) is 5.69 Å². The molecule has 1 fully saturated rings. The first-order chi connectivity index (χ1) is 17.6. The lowest BCUT2D eigenvalue weighted by molar-refractivity contribution is -0.384. The molecule has 6 rings (SSSR count). The highest BCUT2D eigenvalue weighted by Gasteiger charge is 2.48. The molecule has 1 aliphatic carbocycles. The van der Waals surface area contributed by atoms with Gasteiger partial charge in [-0.2, -0.15) is 0 Å². The van der Waals surface area contributed by atoms with E-state index in [4.69, 9.17) is 4.74 Å².